The van der Waals surface area contributed by atoms with Gasteiger partial charge >= 0.3 is 0 Å². The molecular weight excluding hydrogens is 252 g/mol. The maximum Gasteiger partial charge on any atom is 0.229 e. The van der Waals surface area contributed by atoms with E-state index >= 15 is 0 Å². The number of rotatable bonds is 6. The van der Waals surface area contributed by atoms with E-state index in [2.05, 4.69) is 0 Å². The summed E-state index contributed by atoms with van der Waals surface area (Å²) in [7, 11) is 3.50. The van der Waals surface area contributed by atoms with Crippen LogP contribution in [-0.2, 0) is 11.2 Å². The molecule has 0 fully saturated rings. The van der Waals surface area contributed by atoms with E-state index in [1.165, 1.54) is 0 Å². The van der Waals surface area contributed by atoms with Crippen molar-refractivity contribution in [1.82, 2.24) is 4.90 Å². The summed E-state index contributed by atoms with van der Waals surface area (Å²) in [5, 5.41) is 0. The average Bonchev–Trinajstić information content (AvgIpc) is 2.46. The van der Waals surface area contributed by atoms with Gasteiger partial charge in [-0.15, -0.1) is 0 Å². The number of hydrogen-bond donors (Lipinski definition) is 1. The van der Waals surface area contributed by atoms with Gasteiger partial charge in [0.2, 0.25) is 5.91 Å². The molecular formula is C16H26N2O2. The van der Waals surface area contributed by atoms with Gasteiger partial charge in [0.15, 0.2) is 0 Å². The van der Waals surface area contributed by atoms with Crippen LogP contribution in [0, 0.1) is 5.41 Å². The Morgan fingerprint density at radius 3 is 2.55 bits per heavy atom. The van der Waals surface area contributed by atoms with Crippen molar-refractivity contribution in [3.05, 3.63) is 29.8 Å². The Morgan fingerprint density at radius 2 is 2.00 bits per heavy atom. The van der Waals surface area contributed by atoms with Crippen molar-refractivity contribution < 1.29 is 9.53 Å². The number of methoxy groups -OCH3 is 1. The van der Waals surface area contributed by atoms with Gasteiger partial charge in [0, 0.05) is 19.6 Å². The molecule has 0 heterocycles. The second-order valence-corrected chi connectivity index (χ2v) is 5.87. The molecule has 4 nitrogen and oxygen atoms in total. The van der Waals surface area contributed by atoms with Gasteiger partial charge in [-0.3, -0.25) is 4.79 Å². The first-order chi connectivity index (χ1) is 9.33. The van der Waals surface area contributed by atoms with Crippen LogP contribution in [0.3, 0.4) is 0 Å². The molecule has 0 spiro atoms. The fraction of sp³-hybridized carbons (Fsp3) is 0.562. The zero-order valence-corrected chi connectivity index (χ0v) is 13.1. The van der Waals surface area contributed by atoms with E-state index < -0.39 is 5.41 Å². The summed E-state index contributed by atoms with van der Waals surface area (Å²) in [6.07, 6.45) is 0.757. The third-order valence-corrected chi connectivity index (χ3v) is 3.78. The quantitative estimate of drug-likeness (QED) is 0.866. The normalized spacial score (nSPS) is 12.9. The molecule has 0 saturated carbocycles. The molecule has 0 aliphatic heterocycles. The van der Waals surface area contributed by atoms with Gasteiger partial charge in [0.1, 0.15) is 5.75 Å². The topological polar surface area (TPSA) is 55.6 Å². The third kappa shape index (κ3) is 3.73. The molecule has 20 heavy (non-hydrogen) atoms. The molecule has 0 saturated heterocycles. The van der Waals surface area contributed by atoms with Crippen LogP contribution in [0.2, 0.25) is 0 Å². The second kappa shape index (κ2) is 6.75. The van der Waals surface area contributed by atoms with E-state index in [1.54, 1.807) is 12.0 Å². The minimum absolute atomic E-state index is 0.0717. The molecule has 1 aromatic carbocycles. The molecule has 0 aliphatic carbocycles. The number of likely N-dealkylation sites (N-methyl/N-ethyl adjacent to an activating group) is 1. The van der Waals surface area contributed by atoms with Gasteiger partial charge in [-0.05, 0) is 38.8 Å². The van der Waals surface area contributed by atoms with E-state index in [-0.39, 0.29) is 11.9 Å². The fourth-order valence-corrected chi connectivity index (χ4v) is 2.09. The number of amides is 1. The smallest absolute Gasteiger partial charge is 0.229 e. The molecule has 1 aromatic rings. The molecule has 0 bridgehead atoms. The summed E-state index contributed by atoms with van der Waals surface area (Å²) in [5.41, 5.74) is 6.26. The first-order valence-electron chi connectivity index (χ1n) is 6.92. The third-order valence-electron chi connectivity index (χ3n) is 3.78. The van der Waals surface area contributed by atoms with Gasteiger partial charge in [0.25, 0.3) is 0 Å². The maximum atomic E-state index is 12.4. The molecule has 1 amide bonds. The predicted octanol–water partition coefficient (Wildman–Crippen LogP) is 2.07. The van der Waals surface area contributed by atoms with Gasteiger partial charge in [-0.2, -0.15) is 0 Å². The minimum Gasteiger partial charge on any atom is -0.496 e. The second-order valence-electron chi connectivity index (χ2n) is 5.87. The van der Waals surface area contributed by atoms with Crippen molar-refractivity contribution in [3.8, 4) is 5.75 Å². The number of nitrogens with zero attached hydrogens (tertiary/aromatic N) is 1. The molecule has 112 valence electrons. The lowest BCUT2D eigenvalue weighted by atomic mass is 9.91. The van der Waals surface area contributed by atoms with Crippen molar-refractivity contribution in [2.45, 2.75) is 33.2 Å². The number of hydrogen-bond acceptors (Lipinski definition) is 3. The van der Waals surface area contributed by atoms with Crippen LogP contribution < -0.4 is 10.5 Å². The Balaban J connectivity index is 2.80. The Labute approximate surface area is 121 Å². The Hall–Kier alpha value is -1.55. The van der Waals surface area contributed by atoms with E-state index in [4.69, 9.17) is 10.5 Å². The van der Waals surface area contributed by atoms with Crippen LogP contribution in [0.1, 0.15) is 26.3 Å². The van der Waals surface area contributed by atoms with E-state index in [1.807, 2.05) is 52.1 Å². The Kier molecular flexibility index (Phi) is 5.57. The van der Waals surface area contributed by atoms with Gasteiger partial charge < -0.3 is 15.4 Å². The summed E-state index contributed by atoms with van der Waals surface area (Å²) >= 11 is 0. The van der Waals surface area contributed by atoms with E-state index in [0.29, 0.717) is 6.54 Å². The Morgan fingerprint density at radius 1 is 1.40 bits per heavy atom. The van der Waals surface area contributed by atoms with E-state index in [9.17, 15) is 4.79 Å². The number of carbonyl (C=O) groups is 1. The number of carbonyl (C=O) groups excluding carboxylic acids is 1. The largest absolute Gasteiger partial charge is 0.496 e. The monoisotopic (exact) mass is 278 g/mol. The van der Waals surface area contributed by atoms with Crippen LogP contribution in [0.5, 0.6) is 5.75 Å². The number of benzene rings is 1. The van der Waals surface area contributed by atoms with Gasteiger partial charge in [0.05, 0.1) is 12.5 Å². The highest BCUT2D eigenvalue weighted by Crippen LogP contribution is 2.22. The lowest BCUT2D eigenvalue weighted by molar-refractivity contribution is -0.140. The van der Waals surface area contributed by atoms with Crippen molar-refractivity contribution in [2.24, 2.45) is 11.1 Å². The zero-order chi connectivity index (χ0) is 15.3. The highest BCUT2D eigenvalue weighted by atomic mass is 16.5. The molecule has 0 radical (unpaired) electrons. The molecule has 1 atom stereocenters. The predicted molar refractivity (Wildman–Crippen MR) is 81.8 cm³/mol. The van der Waals surface area contributed by atoms with Crippen LogP contribution >= 0.6 is 0 Å². The van der Waals surface area contributed by atoms with E-state index in [0.717, 1.165) is 17.7 Å². The first kappa shape index (κ1) is 16.5. The molecule has 4 heteroatoms. The van der Waals surface area contributed by atoms with Crippen molar-refractivity contribution in [1.29, 1.82) is 0 Å². The maximum absolute atomic E-state index is 12.4. The SMILES string of the molecule is COc1ccccc1CC(C)N(C)C(=O)C(C)(C)CN. The zero-order valence-electron chi connectivity index (χ0n) is 13.1. The number of para-hydroxylation sites is 1. The van der Waals surface area contributed by atoms with Crippen molar-refractivity contribution >= 4 is 5.91 Å². The molecule has 1 rings (SSSR count). The lowest BCUT2D eigenvalue weighted by Gasteiger charge is -2.32. The molecule has 1 unspecified atom stereocenters. The van der Waals surface area contributed by atoms with Crippen LogP contribution in [0.25, 0.3) is 0 Å². The lowest BCUT2D eigenvalue weighted by Crippen LogP contribution is -2.47. The summed E-state index contributed by atoms with van der Waals surface area (Å²) in [5.74, 6) is 0.931. The number of ether oxygens (including phenoxy) is 1. The van der Waals surface area contributed by atoms with Crippen molar-refractivity contribution in [2.75, 3.05) is 20.7 Å². The highest BCUT2D eigenvalue weighted by molar-refractivity contribution is 5.82. The molecule has 2 N–H and O–H groups in total. The van der Waals surface area contributed by atoms with Crippen LogP contribution in [0.4, 0.5) is 0 Å². The minimum atomic E-state index is -0.524. The molecule has 0 aromatic heterocycles. The standard InChI is InChI=1S/C16H26N2O2/c1-12(18(4)15(19)16(2,3)11-17)10-13-8-6-7-9-14(13)20-5/h6-9,12H,10-11,17H2,1-5H3. The first-order valence-corrected chi connectivity index (χ1v) is 6.92. The molecule has 0 aliphatic rings. The summed E-state index contributed by atoms with van der Waals surface area (Å²) in [4.78, 5) is 14.2. The highest BCUT2D eigenvalue weighted by Gasteiger charge is 2.31. The van der Waals surface area contributed by atoms with Crippen molar-refractivity contribution in [3.63, 3.8) is 0 Å². The fourth-order valence-electron chi connectivity index (χ4n) is 2.09. The summed E-state index contributed by atoms with van der Waals surface area (Å²) < 4.78 is 5.35. The van der Waals surface area contributed by atoms with Gasteiger partial charge in [-0.25, -0.2) is 0 Å². The number of nitrogens with two attached hydrogens (primary N) is 1. The summed E-state index contributed by atoms with van der Waals surface area (Å²) in [6.45, 7) is 6.14. The summed E-state index contributed by atoms with van der Waals surface area (Å²) in [6, 6.07) is 7.98. The van der Waals surface area contributed by atoms with Crippen LogP contribution in [0.15, 0.2) is 24.3 Å². The van der Waals surface area contributed by atoms with Crippen LogP contribution in [-0.4, -0.2) is 37.6 Å². The average molecular weight is 278 g/mol. The van der Waals surface area contributed by atoms with Gasteiger partial charge in [-0.1, -0.05) is 18.2 Å². The Bertz CT molecular complexity index is 458.